The Morgan fingerprint density at radius 3 is 2.48 bits per heavy atom. The average Bonchev–Trinajstić information content (AvgIpc) is 3.45. The van der Waals surface area contributed by atoms with Crippen molar-refractivity contribution in [3.05, 3.63) is 58.4 Å². The molecule has 5 rings (SSSR count). The van der Waals surface area contributed by atoms with Gasteiger partial charge in [-0.05, 0) is 46.1 Å². The lowest BCUT2D eigenvalue weighted by Gasteiger charge is -2.39. The van der Waals surface area contributed by atoms with E-state index in [1.54, 1.807) is 30.6 Å². The van der Waals surface area contributed by atoms with Gasteiger partial charge < -0.3 is 5.32 Å². The van der Waals surface area contributed by atoms with Crippen LogP contribution in [-0.2, 0) is 10.2 Å². The molecule has 1 amide bonds. The van der Waals surface area contributed by atoms with E-state index in [1.165, 1.54) is 30.5 Å². The molecule has 2 aliphatic carbocycles. The van der Waals surface area contributed by atoms with Crippen molar-refractivity contribution < 1.29 is 13.7 Å². The van der Waals surface area contributed by atoms with Crippen molar-refractivity contribution in [3.63, 3.8) is 0 Å². The number of pyridine rings is 1. The third-order valence-electron chi connectivity index (χ3n) is 6.32. The van der Waals surface area contributed by atoms with Crippen molar-refractivity contribution in [2.75, 3.05) is 10.4 Å². The molecule has 1 spiro atoms. The molecule has 0 saturated heterocycles. The van der Waals surface area contributed by atoms with Gasteiger partial charge in [0.05, 0.1) is 28.5 Å². The van der Waals surface area contributed by atoms with Gasteiger partial charge in [-0.3, -0.25) is 4.79 Å². The number of carbonyl (C=O) groups excluding carboxylic acids is 1. The molecule has 3 aromatic heterocycles. The molecule has 10 nitrogen and oxygen atoms in total. The fraction of sp³-hybridized carbons (Fsp3) is 0.346. The molecule has 1 saturated carbocycles. The van der Waals surface area contributed by atoms with E-state index in [4.69, 9.17) is 23.2 Å². The molecule has 1 atom stereocenters. The van der Waals surface area contributed by atoms with Gasteiger partial charge in [0.15, 0.2) is 11.5 Å². The van der Waals surface area contributed by atoms with Crippen LogP contribution in [0.5, 0.6) is 0 Å². The highest BCUT2D eigenvalue weighted by Gasteiger charge is 2.52. The highest BCUT2D eigenvalue weighted by Crippen LogP contribution is 2.56. The predicted octanol–water partition coefficient (Wildman–Crippen LogP) is 6.61. The second kappa shape index (κ2) is 13.5. The number of hydrogen-bond acceptors (Lipinski definition) is 8. The van der Waals surface area contributed by atoms with Crippen LogP contribution in [0, 0.1) is 5.95 Å². The minimum absolute atomic E-state index is 0.176. The van der Waals surface area contributed by atoms with E-state index >= 15 is 0 Å². The van der Waals surface area contributed by atoms with Gasteiger partial charge in [-0.1, -0.05) is 40.7 Å². The lowest BCUT2D eigenvalue weighted by molar-refractivity contribution is -0.117. The Morgan fingerprint density at radius 1 is 1.27 bits per heavy atom. The largest absolute Gasteiger partial charge is 0.324 e. The number of amides is 1. The summed E-state index contributed by atoms with van der Waals surface area (Å²) in [4.78, 5) is 21.8. The molecule has 0 bridgehead atoms. The first-order chi connectivity index (χ1) is 19.1. The molecule has 212 valence electrons. The number of aromatic nitrogens is 4. The van der Waals surface area contributed by atoms with Crippen molar-refractivity contribution in [1.82, 2.24) is 19.6 Å². The number of allylic oxidation sites excluding steroid dienone is 1. The summed E-state index contributed by atoms with van der Waals surface area (Å²) < 4.78 is 25.7. The van der Waals surface area contributed by atoms with E-state index in [9.17, 15) is 13.7 Å². The number of nitrogens with zero attached hydrogens (tertiary/aromatic N) is 8. The number of anilines is 2. The zero-order valence-corrected chi connectivity index (χ0v) is 23.8. The first-order valence-electron chi connectivity index (χ1n) is 12.3. The summed E-state index contributed by atoms with van der Waals surface area (Å²) >= 11 is 11.4. The van der Waals surface area contributed by atoms with Gasteiger partial charge in [0.2, 0.25) is 11.9 Å². The van der Waals surface area contributed by atoms with E-state index in [0.29, 0.717) is 28.6 Å². The second-order valence-electron chi connectivity index (χ2n) is 9.04. The van der Waals surface area contributed by atoms with Crippen molar-refractivity contribution >= 4 is 65.4 Å². The summed E-state index contributed by atoms with van der Waals surface area (Å²) in [6, 6.07) is 2.89. The molecule has 3 aromatic rings. The fourth-order valence-corrected chi connectivity index (χ4v) is 4.97. The maximum absolute atomic E-state index is 13.8. The van der Waals surface area contributed by atoms with Gasteiger partial charge in [-0.15, -0.1) is 15.4 Å². The summed E-state index contributed by atoms with van der Waals surface area (Å²) in [5, 5.41) is 18.9. The molecule has 0 aromatic carbocycles. The van der Waals surface area contributed by atoms with Gasteiger partial charge in [0, 0.05) is 47.4 Å². The van der Waals surface area contributed by atoms with Crippen molar-refractivity contribution in [1.29, 1.82) is 0 Å². The molecule has 1 unspecified atom stereocenters. The number of rotatable bonds is 5. The number of halogens is 4. The van der Waals surface area contributed by atoms with Crippen molar-refractivity contribution in [2.24, 2.45) is 15.4 Å². The van der Waals surface area contributed by atoms with Gasteiger partial charge in [-0.2, -0.15) is 14.6 Å². The van der Waals surface area contributed by atoms with E-state index in [1.807, 2.05) is 0 Å². The van der Waals surface area contributed by atoms with Crippen LogP contribution < -0.4 is 10.4 Å². The maximum atomic E-state index is 13.8. The topological polar surface area (TPSA) is 112 Å². The highest BCUT2D eigenvalue weighted by atomic mass is 35.5. The normalized spacial score (nSPS) is 16.5. The smallest absolute Gasteiger partial charge is 0.235 e. The van der Waals surface area contributed by atoms with Gasteiger partial charge in [0.25, 0.3) is 0 Å². The number of nitrogens with one attached hydrogen (secondary N) is 1. The third-order valence-corrected chi connectivity index (χ3v) is 6.59. The van der Waals surface area contributed by atoms with Crippen LogP contribution in [0.15, 0.2) is 51.6 Å². The monoisotopic (exact) mass is 591 g/mol. The first-order valence-corrected chi connectivity index (χ1v) is 13.0. The first kappa shape index (κ1) is 30.8. The molecule has 2 aliphatic rings. The molecule has 3 heterocycles. The summed E-state index contributed by atoms with van der Waals surface area (Å²) in [7, 11) is 0. The highest BCUT2D eigenvalue weighted by molar-refractivity contribution is 6.33. The van der Waals surface area contributed by atoms with Gasteiger partial charge >= 0.3 is 0 Å². The predicted molar refractivity (Wildman–Crippen MR) is 156 cm³/mol. The number of fused-ring (bicyclic) bond motifs is 4. The van der Waals surface area contributed by atoms with Crippen LogP contribution in [0.2, 0.25) is 5.02 Å². The van der Waals surface area contributed by atoms with Crippen LogP contribution in [-0.4, -0.2) is 44.6 Å². The summed E-state index contributed by atoms with van der Waals surface area (Å²) in [6.07, 6.45) is 9.36. The zero-order valence-electron chi connectivity index (χ0n) is 22.3. The van der Waals surface area contributed by atoms with Crippen LogP contribution in [0.4, 0.5) is 20.4 Å². The van der Waals surface area contributed by atoms with E-state index in [0.717, 1.165) is 36.7 Å². The Balaban J connectivity index is 0.000000490. The lowest BCUT2D eigenvalue weighted by atomic mass is 9.66. The molecule has 1 fully saturated rings. The Kier molecular flexibility index (Phi) is 10.4. The molecular weight excluding hydrogens is 563 g/mol. The van der Waals surface area contributed by atoms with Crippen molar-refractivity contribution in [2.45, 2.75) is 57.8 Å². The van der Waals surface area contributed by atoms with Gasteiger partial charge in [0.1, 0.15) is 0 Å². The minimum atomic E-state index is -0.579. The molecule has 0 aliphatic heterocycles. The summed E-state index contributed by atoms with van der Waals surface area (Å²) in [5.41, 5.74) is 2.41. The van der Waals surface area contributed by atoms with Crippen LogP contribution in [0.25, 0.3) is 5.65 Å². The molecular formula is C26H29Cl2F2N9O. The Morgan fingerprint density at radius 2 is 1.95 bits per heavy atom. The van der Waals surface area contributed by atoms with Crippen molar-refractivity contribution in [3.8, 4) is 0 Å². The molecule has 40 heavy (non-hydrogen) atoms. The number of carbonyl (C=O) groups is 1. The maximum Gasteiger partial charge on any atom is 0.235 e. The van der Waals surface area contributed by atoms with Gasteiger partial charge in [-0.25, -0.2) is 14.5 Å². The van der Waals surface area contributed by atoms with Crippen LogP contribution in [0.3, 0.4) is 0 Å². The number of hydrogen-bond donors (Lipinski definition) is 1. The minimum Gasteiger partial charge on any atom is -0.324 e. The lowest BCUT2D eigenvalue weighted by Crippen LogP contribution is -2.34. The summed E-state index contributed by atoms with van der Waals surface area (Å²) in [5.74, 6) is -0.905. The van der Waals surface area contributed by atoms with E-state index < -0.39 is 11.9 Å². The fourth-order valence-electron chi connectivity index (χ4n) is 4.72. The molecule has 14 heteroatoms. The summed E-state index contributed by atoms with van der Waals surface area (Å²) in [6.45, 7) is 11.8. The van der Waals surface area contributed by atoms with E-state index in [2.05, 4.69) is 49.1 Å². The SMILES string of the molecule is C/C=N\F.C=C(C)Cl.C=NN(/N=C\C)c1ncc(NC(=O)C2CC3(CCC3)c3c2cnc2cc(F)nn32)cc1Cl. The van der Waals surface area contributed by atoms with Crippen LogP contribution in [0.1, 0.15) is 63.6 Å². The second-order valence-corrected chi connectivity index (χ2v) is 10.1. The zero-order chi connectivity index (χ0) is 29.4. The van der Waals surface area contributed by atoms with E-state index in [-0.39, 0.29) is 16.3 Å². The Bertz CT molecular complexity index is 1450. The average molecular weight is 592 g/mol. The third kappa shape index (κ3) is 6.68. The Labute approximate surface area is 240 Å². The standard InChI is InChI=1S/C21H20ClFN8O.C3H5Cl.C2H4FN/c1-3-27-31(24-2)19-15(22)7-12(10-26-19)28-20(32)13-9-21(5-4-6-21)18-14(13)11-25-17-8-16(23)29-30(17)18;1-3(2)4;1-2-4-3/h3,7-8,10-11,13H,2,4-6,9H2,1H3,(H,28,32);1H2,2H3;2H,1H3/b27-3-;;4-2-. The Hall–Kier alpha value is -3.77. The number of hydrazone groups is 2. The molecule has 0 radical (unpaired) electrons. The molecule has 1 N–H and O–H groups in total. The van der Waals surface area contributed by atoms with Crippen LogP contribution >= 0.6 is 23.2 Å². The quantitative estimate of drug-likeness (QED) is 0.265.